The number of allylic oxidation sites excluding steroid dienone is 3. The highest BCUT2D eigenvalue weighted by atomic mass is 32.1. The highest BCUT2D eigenvalue weighted by molar-refractivity contribution is 7.13. The first kappa shape index (κ1) is 14.9. The molecule has 122 valence electrons. The average Bonchev–Trinajstić information content (AvgIpc) is 3.23. The Morgan fingerprint density at radius 3 is 3.04 bits per heavy atom. The quantitative estimate of drug-likeness (QED) is 0.766. The molecule has 24 heavy (non-hydrogen) atoms. The van der Waals surface area contributed by atoms with Crippen molar-refractivity contribution in [1.82, 2.24) is 24.9 Å². The molecule has 0 aliphatic heterocycles. The van der Waals surface area contributed by atoms with Crippen LogP contribution in [0.1, 0.15) is 25.5 Å². The van der Waals surface area contributed by atoms with Crippen LogP contribution in [0.5, 0.6) is 0 Å². The van der Waals surface area contributed by atoms with Gasteiger partial charge >= 0.3 is 0 Å². The van der Waals surface area contributed by atoms with Gasteiger partial charge in [-0.05, 0) is 36.8 Å². The minimum absolute atomic E-state index is 0.180. The minimum atomic E-state index is -0.180. The van der Waals surface area contributed by atoms with Gasteiger partial charge in [0.2, 0.25) is 5.78 Å². The molecule has 0 atom stereocenters. The number of nitrogens with one attached hydrogen (secondary N) is 2. The molecule has 0 saturated heterocycles. The molecule has 0 fully saturated rings. The van der Waals surface area contributed by atoms with Crippen molar-refractivity contribution < 1.29 is 0 Å². The van der Waals surface area contributed by atoms with E-state index in [-0.39, 0.29) is 5.56 Å². The van der Waals surface area contributed by atoms with E-state index in [1.54, 1.807) is 17.4 Å². The van der Waals surface area contributed by atoms with Crippen molar-refractivity contribution in [2.45, 2.75) is 26.3 Å². The first-order valence-electron chi connectivity index (χ1n) is 7.85. The zero-order valence-electron chi connectivity index (χ0n) is 13.2. The van der Waals surface area contributed by atoms with Crippen LogP contribution < -0.4 is 10.9 Å². The topological polar surface area (TPSA) is 75.1 Å². The SMILES string of the molecule is CC1=CCCC=C1NCc1cc(=O)n2nc(-c3cccs3)nc2[nH]1. The van der Waals surface area contributed by atoms with Crippen LogP contribution in [0.3, 0.4) is 0 Å². The summed E-state index contributed by atoms with van der Waals surface area (Å²) in [6, 6.07) is 5.45. The maximum absolute atomic E-state index is 12.3. The van der Waals surface area contributed by atoms with Crippen molar-refractivity contribution in [3.8, 4) is 10.7 Å². The molecule has 0 spiro atoms. The second-order valence-electron chi connectivity index (χ2n) is 5.72. The van der Waals surface area contributed by atoms with Gasteiger partial charge in [0.05, 0.1) is 11.4 Å². The molecule has 3 aromatic rings. The lowest BCUT2D eigenvalue weighted by molar-refractivity contribution is 0.764. The van der Waals surface area contributed by atoms with E-state index in [0.717, 1.165) is 29.1 Å². The number of hydrogen-bond donors (Lipinski definition) is 2. The van der Waals surface area contributed by atoms with Crippen LogP contribution in [-0.4, -0.2) is 19.6 Å². The highest BCUT2D eigenvalue weighted by Gasteiger charge is 2.11. The smallest absolute Gasteiger partial charge is 0.275 e. The van der Waals surface area contributed by atoms with Crippen molar-refractivity contribution in [3.63, 3.8) is 0 Å². The lowest BCUT2D eigenvalue weighted by Crippen LogP contribution is -2.20. The predicted molar refractivity (Wildman–Crippen MR) is 94.8 cm³/mol. The van der Waals surface area contributed by atoms with E-state index >= 15 is 0 Å². The summed E-state index contributed by atoms with van der Waals surface area (Å²) in [6.07, 6.45) is 6.55. The summed E-state index contributed by atoms with van der Waals surface area (Å²) in [4.78, 5) is 20.9. The van der Waals surface area contributed by atoms with Crippen molar-refractivity contribution in [1.29, 1.82) is 0 Å². The molecule has 0 saturated carbocycles. The van der Waals surface area contributed by atoms with Crippen LogP contribution in [0.15, 0.2) is 51.8 Å². The molecule has 2 N–H and O–H groups in total. The Balaban J connectivity index is 1.62. The summed E-state index contributed by atoms with van der Waals surface area (Å²) in [5.74, 6) is 1.03. The Kier molecular flexibility index (Phi) is 3.78. The van der Waals surface area contributed by atoms with Gasteiger partial charge in [-0.3, -0.25) is 4.79 Å². The van der Waals surface area contributed by atoms with Crippen LogP contribution in [0.25, 0.3) is 16.5 Å². The van der Waals surface area contributed by atoms with Gasteiger partial charge in [-0.1, -0.05) is 18.2 Å². The van der Waals surface area contributed by atoms with E-state index in [2.05, 4.69) is 39.5 Å². The number of thiophene rings is 1. The van der Waals surface area contributed by atoms with Gasteiger partial charge in [-0.25, -0.2) is 0 Å². The predicted octanol–water partition coefficient (Wildman–Crippen LogP) is 2.86. The van der Waals surface area contributed by atoms with Gasteiger partial charge in [0.1, 0.15) is 0 Å². The fourth-order valence-corrected chi connectivity index (χ4v) is 3.40. The van der Waals surface area contributed by atoms with E-state index in [0.29, 0.717) is 18.1 Å². The number of hydrogen-bond acceptors (Lipinski definition) is 5. The Morgan fingerprint density at radius 2 is 2.25 bits per heavy atom. The van der Waals surface area contributed by atoms with Gasteiger partial charge in [-0.2, -0.15) is 9.50 Å². The fourth-order valence-electron chi connectivity index (χ4n) is 2.74. The summed E-state index contributed by atoms with van der Waals surface area (Å²) in [5.41, 5.74) is 2.98. The van der Waals surface area contributed by atoms with Gasteiger partial charge in [0.15, 0.2) is 5.82 Å². The molecular formula is C17H17N5OS. The number of aromatic nitrogens is 4. The number of aromatic amines is 1. The number of nitrogens with zero attached hydrogens (tertiary/aromatic N) is 3. The van der Waals surface area contributed by atoms with E-state index < -0.39 is 0 Å². The molecular weight excluding hydrogens is 322 g/mol. The molecule has 0 aromatic carbocycles. The van der Waals surface area contributed by atoms with E-state index in [1.165, 1.54) is 10.1 Å². The molecule has 0 unspecified atom stereocenters. The number of rotatable bonds is 4. The molecule has 3 heterocycles. The molecule has 4 rings (SSSR count). The van der Waals surface area contributed by atoms with E-state index in [4.69, 9.17) is 0 Å². The normalized spacial score (nSPS) is 14.5. The average molecular weight is 339 g/mol. The van der Waals surface area contributed by atoms with Crippen LogP contribution in [0, 0.1) is 0 Å². The monoisotopic (exact) mass is 339 g/mol. The van der Waals surface area contributed by atoms with E-state index in [9.17, 15) is 4.79 Å². The first-order valence-corrected chi connectivity index (χ1v) is 8.73. The zero-order chi connectivity index (χ0) is 16.5. The maximum Gasteiger partial charge on any atom is 0.275 e. The Labute approximate surface area is 142 Å². The Hall–Kier alpha value is -2.67. The third-order valence-electron chi connectivity index (χ3n) is 3.99. The van der Waals surface area contributed by atoms with Gasteiger partial charge in [0.25, 0.3) is 5.56 Å². The largest absolute Gasteiger partial charge is 0.380 e. The van der Waals surface area contributed by atoms with Crippen molar-refractivity contribution in [2.24, 2.45) is 0 Å². The third kappa shape index (κ3) is 2.78. The van der Waals surface area contributed by atoms with Crippen LogP contribution in [-0.2, 0) is 6.54 Å². The summed E-state index contributed by atoms with van der Waals surface area (Å²) < 4.78 is 1.31. The lowest BCUT2D eigenvalue weighted by atomic mass is 10.1. The molecule has 3 aromatic heterocycles. The number of fused-ring (bicyclic) bond motifs is 1. The molecule has 1 aliphatic rings. The second kappa shape index (κ2) is 6.09. The van der Waals surface area contributed by atoms with E-state index in [1.807, 2.05) is 17.5 Å². The number of H-pyrrole nitrogens is 1. The summed E-state index contributed by atoms with van der Waals surface area (Å²) in [7, 11) is 0. The van der Waals surface area contributed by atoms with Crippen molar-refractivity contribution >= 4 is 17.1 Å². The maximum atomic E-state index is 12.3. The van der Waals surface area contributed by atoms with Crippen LogP contribution in [0.4, 0.5) is 0 Å². The summed E-state index contributed by atoms with van der Waals surface area (Å²) in [5, 5.41) is 9.63. The molecule has 0 bridgehead atoms. The van der Waals surface area contributed by atoms with Gasteiger partial charge in [0, 0.05) is 17.5 Å². The fraction of sp³-hybridized carbons (Fsp3) is 0.235. The zero-order valence-corrected chi connectivity index (χ0v) is 14.1. The Bertz CT molecular complexity index is 994. The molecule has 1 aliphatic carbocycles. The van der Waals surface area contributed by atoms with Gasteiger partial charge < -0.3 is 10.3 Å². The summed E-state index contributed by atoms with van der Waals surface area (Å²) in [6.45, 7) is 2.64. The minimum Gasteiger partial charge on any atom is -0.380 e. The first-order chi connectivity index (χ1) is 11.7. The lowest BCUT2D eigenvalue weighted by Gasteiger charge is -2.15. The summed E-state index contributed by atoms with van der Waals surface area (Å²) >= 11 is 1.55. The highest BCUT2D eigenvalue weighted by Crippen LogP contribution is 2.21. The third-order valence-corrected chi connectivity index (χ3v) is 4.85. The second-order valence-corrected chi connectivity index (χ2v) is 6.66. The van der Waals surface area contributed by atoms with Gasteiger partial charge in [-0.15, -0.1) is 16.4 Å². The Morgan fingerprint density at radius 1 is 1.38 bits per heavy atom. The molecule has 0 radical (unpaired) electrons. The van der Waals surface area contributed by atoms with Crippen molar-refractivity contribution in [2.75, 3.05) is 0 Å². The molecule has 7 heteroatoms. The van der Waals surface area contributed by atoms with Crippen LogP contribution in [0.2, 0.25) is 0 Å². The van der Waals surface area contributed by atoms with Crippen LogP contribution >= 0.6 is 11.3 Å². The standard InChI is InChI=1S/C17H17N5OS/c1-11-5-2-3-6-13(11)18-10-12-9-15(23)22-17(19-12)20-16(21-22)14-7-4-8-24-14/h4-9,18H,2-3,10H2,1H3,(H,19,20,21). The molecule has 6 nitrogen and oxygen atoms in total. The van der Waals surface area contributed by atoms with Crippen molar-refractivity contribution in [3.05, 3.63) is 63.0 Å². The molecule has 0 amide bonds.